The van der Waals surface area contributed by atoms with Crippen LogP contribution in [0, 0.1) is 13.8 Å². The summed E-state index contributed by atoms with van der Waals surface area (Å²) in [7, 11) is -8.54. The van der Waals surface area contributed by atoms with E-state index in [-0.39, 0.29) is 9.79 Å². The summed E-state index contributed by atoms with van der Waals surface area (Å²) in [6, 6.07) is 28.2. The third-order valence-corrected chi connectivity index (χ3v) is 6.70. The van der Waals surface area contributed by atoms with Crippen molar-refractivity contribution in [2.75, 3.05) is 6.54 Å². The number of quaternary nitrogens is 1. The van der Waals surface area contributed by atoms with Crippen molar-refractivity contribution >= 4 is 20.2 Å². The summed E-state index contributed by atoms with van der Waals surface area (Å²) in [5.41, 5.74) is 9.36. The molecule has 1 aromatic heterocycles. The number of hydrogen-bond acceptors (Lipinski definition) is 6. The first-order chi connectivity index (χ1) is 17.4. The molecular formula is C27H30N2O6S2. The monoisotopic (exact) mass is 542 g/mol. The summed E-state index contributed by atoms with van der Waals surface area (Å²) in [6.45, 7) is 4.57. The van der Waals surface area contributed by atoms with E-state index in [1.165, 1.54) is 41.2 Å². The van der Waals surface area contributed by atoms with Crippen molar-refractivity contribution in [3.63, 3.8) is 0 Å². The summed E-state index contributed by atoms with van der Waals surface area (Å²) in [4.78, 5) is 3.07. The molecule has 4 rings (SSSR count). The molecule has 0 saturated carbocycles. The van der Waals surface area contributed by atoms with Crippen LogP contribution in [0.15, 0.2) is 107 Å². The number of aromatic amines is 1. The van der Waals surface area contributed by atoms with Crippen molar-refractivity contribution in [2.24, 2.45) is 0 Å². The third kappa shape index (κ3) is 10.6. The number of benzene rings is 3. The lowest BCUT2D eigenvalue weighted by molar-refractivity contribution is -0.398. The van der Waals surface area contributed by atoms with E-state index < -0.39 is 20.2 Å². The molecular weight excluding hydrogens is 512 g/mol. The van der Waals surface area contributed by atoms with Crippen LogP contribution < -0.4 is 10.7 Å². The van der Waals surface area contributed by atoms with Gasteiger partial charge in [-0.05, 0) is 56.3 Å². The normalized spacial score (nSPS) is 10.9. The molecule has 37 heavy (non-hydrogen) atoms. The van der Waals surface area contributed by atoms with Crippen molar-refractivity contribution in [3.8, 4) is 11.3 Å². The van der Waals surface area contributed by atoms with Gasteiger partial charge >= 0.3 is 0 Å². The van der Waals surface area contributed by atoms with E-state index in [4.69, 9.17) is 0 Å². The lowest BCUT2D eigenvalue weighted by Crippen LogP contribution is -2.51. The average Bonchev–Trinajstić information content (AvgIpc) is 2.85. The fourth-order valence-electron chi connectivity index (χ4n) is 3.05. The highest BCUT2D eigenvalue weighted by molar-refractivity contribution is 7.86. The van der Waals surface area contributed by atoms with Crippen LogP contribution in [0.1, 0.15) is 16.8 Å². The van der Waals surface area contributed by atoms with Crippen LogP contribution in [0.3, 0.4) is 0 Å². The summed E-state index contributed by atoms with van der Waals surface area (Å²) >= 11 is 0. The fraction of sp³-hybridized carbons (Fsp3) is 0.148. The number of rotatable bonds is 5. The quantitative estimate of drug-likeness (QED) is 0.382. The van der Waals surface area contributed by atoms with Gasteiger partial charge in [0.05, 0.1) is 22.8 Å². The lowest BCUT2D eigenvalue weighted by Gasteiger charge is -2.05. The minimum atomic E-state index is -4.27. The number of aryl methyl sites for hydroxylation is 2. The van der Waals surface area contributed by atoms with E-state index in [0.29, 0.717) is 0 Å². The van der Waals surface area contributed by atoms with Gasteiger partial charge in [0.1, 0.15) is 20.2 Å². The molecule has 3 aromatic carbocycles. The molecule has 4 aromatic rings. The number of pyridine rings is 1. The smallest absolute Gasteiger partial charge is 0.210 e. The van der Waals surface area contributed by atoms with E-state index in [1.807, 2.05) is 19.9 Å². The predicted octanol–water partition coefficient (Wildman–Crippen LogP) is 2.75. The minimum absolute atomic E-state index is 0.178. The molecule has 0 saturated heterocycles. The Bertz CT molecular complexity index is 1400. The zero-order valence-electron chi connectivity index (χ0n) is 20.6. The van der Waals surface area contributed by atoms with Crippen LogP contribution >= 0.6 is 0 Å². The van der Waals surface area contributed by atoms with Gasteiger partial charge in [0, 0.05) is 17.7 Å². The molecule has 1 heterocycles. The van der Waals surface area contributed by atoms with Crippen molar-refractivity contribution in [3.05, 3.63) is 114 Å². The zero-order valence-corrected chi connectivity index (χ0v) is 22.3. The number of H-pyrrole nitrogens is 1. The van der Waals surface area contributed by atoms with Gasteiger partial charge < -0.3 is 14.8 Å². The van der Waals surface area contributed by atoms with Gasteiger partial charge in [0.2, 0.25) is 5.69 Å². The van der Waals surface area contributed by atoms with Gasteiger partial charge in [-0.25, -0.2) is 21.8 Å². The topological polar surface area (TPSA) is 156 Å². The maximum Gasteiger partial charge on any atom is 0.210 e. The van der Waals surface area contributed by atoms with E-state index in [1.54, 1.807) is 24.3 Å². The van der Waals surface area contributed by atoms with E-state index in [9.17, 15) is 25.9 Å². The summed E-state index contributed by atoms with van der Waals surface area (Å²) in [6.07, 6.45) is 1.00. The van der Waals surface area contributed by atoms with Crippen LogP contribution in [0.25, 0.3) is 11.3 Å². The second kappa shape index (κ2) is 13.8. The molecule has 0 aliphatic carbocycles. The zero-order chi connectivity index (χ0) is 27.5. The van der Waals surface area contributed by atoms with Gasteiger partial charge in [-0.15, -0.1) is 0 Å². The van der Waals surface area contributed by atoms with E-state index >= 15 is 0 Å². The Kier molecular flexibility index (Phi) is 11.1. The second-order valence-electron chi connectivity index (χ2n) is 8.09. The number of nitrogens with one attached hydrogen (secondary N) is 1. The minimum Gasteiger partial charge on any atom is -0.744 e. The van der Waals surface area contributed by atoms with Crippen molar-refractivity contribution in [1.82, 2.24) is 0 Å². The molecule has 0 fully saturated rings. The van der Waals surface area contributed by atoms with Crippen LogP contribution in [0.2, 0.25) is 0 Å². The van der Waals surface area contributed by atoms with E-state index in [0.717, 1.165) is 24.1 Å². The van der Waals surface area contributed by atoms with Crippen LogP contribution in [0.5, 0.6) is 0 Å². The van der Waals surface area contributed by atoms with Crippen LogP contribution in [-0.2, 0) is 26.7 Å². The predicted molar refractivity (Wildman–Crippen MR) is 138 cm³/mol. The molecule has 0 aliphatic rings. The molecule has 0 radical (unpaired) electrons. The van der Waals surface area contributed by atoms with Crippen molar-refractivity contribution in [2.45, 2.75) is 30.1 Å². The van der Waals surface area contributed by atoms with Gasteiger partial charge in [0.15, 0.2) is 5.69 Å². The molecule has 196 valence electrons. The highest BCUT2D eigenvalue weighted by Gasteiger charge is 2.07. The molecule has 0 unspecified atom stereocenters. The average molecular weight is 543 g/mol. The van der Waals surface area contributed by atoms with Gasteiger partial charge in [-0.3, -0.25) is 0 Å². The SMILES string of the molecule is Cc1ccc(S(=O)(=O)[O-])cc1.Cc1ccc(S(=O)(=O)[O-])cc1.[NH3+]CCc1cccc(-c2ccccc2)[nH+]1. The van der Waals surface area contributed by atoms with E-state index in [2.05, 4.69) is 53.2 Å². The van der Waals surface area contributed by atoms with Gasteiger partial charge in [0.25, 0.3) is 0 Å². The Hall–Kier alpha value is -3.41. The first-order valence-electron chi connectivity index (χ1n) is 11.3. The van der Waals surface area contributed by atoms with Crippen LogP contribution in [-0.4, -0.2) is 32.5 Å². The van der Waals surface area contributed by atoms with Crippen LogP contribution in [0.4, 0.5) is 0 Å². The first-order valence-corrected chi connectivity index (χ1v) is 14.1. The highest BCUT2D eigenvalue weighted by atomic mass is 32.2. The lowest BCUT2D eigenvalue weighted by atomic mass is 10.1. The molecule has 0 aliphatic heterocycles. The molecule has 8 nitrogen and oxygen atoms in total. The molecule has 4 N–H and O–H groups in total. The molecule has 10 heteroatoms. The van der Waals surface area contributed by atoms with Gasteiger partial charge in [-0.2, -0.15) is 0 Å². The molecule has 0 spiro atoms. The third-order valence-electron chi connectivity index (χ3n) is 5.01. The number of hydrogen-bond donors (Lipinski definition) is 1. The number of aromatic nitrogens is 1. The maximum atomic E-state index is 10.4. The Labute approximate surface area is 218 Å². The Balaban J connectivity index is 0.000000199. The standard InChI is InChI=1S/C13H14N2.2C7H8O3S/c14-10-9-12-7-4-8-13(15-12)11-5-2-1-3-6-11;2*1-6-2-4-7(5-3-6)11(8,9)10/h1-8H,9-10,14H2;2*2-5H,1H3,(H,8,9,10). The summed E-state index contributed by atoms with van der Waals surface area (Å²) < 4.78 is 62.3. The first kappa shape index (κ1) is 29.8. The Morgan fingerprint density at radius 3 is 1.51 bits per heavy atom. The van der Waals surface area contributed by atoms with Crippen molar-refractivity contribution in [1.29, 1.82) is 0 Å². The Morgan fingerprint density at radius 1 is 0.649 bits per heavy atom. The highest BCUT2D eigenvalue weighted by Crippen LogP contribution is 2.13. The second-order valence-corrected chi connectivity index (χ2v) is 10.9. The van der Waals surface area contributed by atoms with Gasteiger partial charge in [-0.1, -0.05) is 53.6 Å². The largest absolute Gasteiger partial charge is 0.744 e. The molecule has 0 atom stereocenters. The maximum absolute atomic E-state index is 10.4. The molecule has 0 bridgehead atoms. The fourth-order valence-corrected chi connectivity index (χ4v) is 3.99. The van der Waals surface area contributed by atoms with Crippen molar-refractivity contribution < 1.29 is 36.7 Å². The summed E-state index contributed by atoms with van der Waals surface area (Å²) in [5.74, 6) is 0. The summed E-state index contributed by atoms with van der Waals surface area (Å²) in [5, 5.41) is 0. The molecule has 0 amide bonds. The Morgan fingerprint density at radius 2 is 1.11 bits per heavy atom.